The fourth-order valence-corrected chi connectivity index (χ4v) is 4.15. The van der Waals surface area contributed by atoms with Crippen LogP contribution in [0.4, 0.5) is 0 Å². The van der Waals surface area contributed by atoms with Crippen LogP contribution in [0.25, 0.3) is 0 Å². The van der Waals surface area contributed by atoms with E-state index in [1.165, 1.54) is 0 Å². The molecule has 0 spiro atoms. The zero-order valence-electron chi connectivity index (χ0n) is 22.8. The molecular formula is C26H52N2O4. The molecule has 0 radical (unpaired) electrons. The monoisotopic (exact) mass is 456 g/mol. The Hall–Kier alpha value is -1.27. The van der Waals surface area contributed by atoms with Gasteiger partial charge in [0, 0.05) is 57.4 Å². The number of likely N-dealkylation sites (tertiary alicyclic amines) is 2. The Balaban J connectivity index is 0. The maximum atomic E-state index is 12.0. The van der Waals surface area contributed by atoms with Gasteiger partial charge in [-0.2, -0.15) is 0 Å². The number of ether oxygens (including phenoxy) is 1. The largest absolute Gasteiger partial charge is 0.385 e. The number of rotatable bonds is 7. The standard InChI is InChI=1S/C12H23NO2.C10H17NO2.2C2H6/c1-4-11(14)12(7-10-15-3)5-8-13(2)9-6-12;1-4-8(12)10(2)5-6-11(3)9(13)7-10;2*1-2/h4-10H2,1-3H3;4-7H2,1-3H3;2*1-2H3. The van der Waals surface area contributed by atoms with E-state index >= 15 is 0 Å². The molecule has 190 valence electrons. The second-order valence-electron chi connectivity index (χ2n) is 8.68. The Morgan fingerprint density at radius 3 is 1.81 bits per heavy atom. The summed E-state index contributed by atoms with van der Waals surface area (Å²) in [7, 11) is 5.62. The molecule has 2 saturated heterocycles. The highest BCUT2D eigenvalue weighted by molar-refractivity contribution is 5.90. The van der Waals surface area contributed by atoms with E-state index in [1.807, 2.05) is 48.5 Å². The molecule has 2 aliphatic heterocycles. The van der Waals surface area contributed by atoms with Crippen LogP contribution in [0.3, 0.4) is 0 Å². The lowest BCUT2D eigenvalue weighted by molar-refractivity contribution is -0.143. The number of carbonyl (C=O) groups excluding carboxylic acids is 3. The molecule has 0 aliphatic carbocycles. The lowest BCUT2D eigenvalue weighted by Gasteiger charge is -2.39. The molecule has 1 unspecified atom stereocenters. The fourth-order valence-electron chi connectivity index (χ4n) is 4.15. The highest BCUT2D eigenvalue weighted by Crippen LogP contribution is 2.36. The Kier molecular flexibility index (Phi) is 17.7. The molecule has 1 amide bonds. The fraction of sp³-hybridized carbons (Fsp3) is 0.885. The first kappa shape index (κ1) is 32.9. The Bertz CT molecular complexity index is 536. The highest BCUT2D eigenvalue weighted by atomic mass is 16.5. The summed E-state index contributed by atoms with van der Waals surface area (Å²) in [6.07, 6.45) is 5.28. The lowest BCUT2D eigenvalue weighted by atomic mass is 9.72. The van der Waals surface area contributed by atoms with Crippen LogP contribution < -0.4 is 0 Å². The number of piperidine rings is 2. The van der Waals surface area contributed by atoms with Gasteiger partial charge in [0.15, 0.2) is 0 Å². The van der Waals surface area contributed by atoms with Crippen LogP contribution in [0.5, 0.6) is 0 Å². The minimum Gasteiger partial charge on any atom is -0.385 e. The molecule has 0 aromatic rings. The quantitative estimate of drug-likeness (QED) is 0.540. The van der Waals surface area contributed by atoms with Crippen molar-refractivity contribution in [2.45, 2.75) is 93.4 Å². The molecule has 0 bridgehead atoms. The highest BCUT2D eigenvalue weighted by Gasteiger charge is 2.39. The third-order valence-electron chi connectivity index (χ3n) is 6.60. The van der Waals surface area contributed by atoms with Crippen molar-refractivity contribution in [3.8, 4) is 0 Å². The maximum absolute atomic E-state index is 12.0. The molecule has 2 rings (SSSR count). The van der Waals surface area contributed by atoms with E-state index in [1.54, 1.807) is 19.1 Å². The first-order valence-corrected chi connectivity index (χ1v) is 12.6. The summed E-state index contributed by atoms with van der Waals surface area (Å²) in [5, 5.41) is 0. The summed E-state index contributed by atoms with van der Waals surface area (Å²) in [5.74, 6) is 0.733. The molecule has 0 aromatic carbocycles. The summed E-state index contributed by atoms with van der Waals surface area (Å²) >= 11 is 0. The van der Waals surface area contributed by atoms with E-state index in [0.29, 0.717) is 38.2 Å². The van der Waals surface area contributed by atoms with E-state index in [4.69, 9.17) is 4.74 Å². The van der Waals surface area contributed by atoms with Gasteiger partial charge in [0.25, 0.3) is 0 Å². The van der Waals surface area contributed by atoms with Gasteiger partial charge in [0.05, 0.1) is 0 Å². The van der Waals surface area contributed by atoms with Gasteiger partial charge in [-0.05, 0) is 45.8 Å². The van der Waals surface area contributed by atoms with Crippen molar-refractivity contribution in [1.29, 1.82) is 0 Å². The molecule has 2 aliphatic rings. The van der Waals surface area contributed by atoms with Gasteiger partial charge in [0.2, 0.25) is 5.91 Å². The molecule has 32 heavy (non-hydrogen) atoms. The van der Waals surface area contributed by atoms with Crippen molar-refractivity contribution in [3.63, 3.8) is 0 Å². The van der Waals surface area contributed by atoms with Crippen molar-refractivity contribution in [2.24, 2.45) is 10.8 Å². The third kappa shape index (κ3) is 10.1. The van der Waals surface area contributed by atoms with Crippen LogP contribution in [-0.4, -0.2) is 74.7 Å². The lowest BCUT2D eigenvalue weighted by Crippen LogP contribution is -2.44. The zero-order valence-corrected chi connectivity index (χ0v) is 22.8. The van der Waals surface area contributed by atoms with Gasteiger partial charge in [-0.1, -0.05) is 48.5 Å². The molecule has 1 atom stereocenters. The number of amides is 1. The van der Waals surface area contributed by atoms with Crippen LogP contribution in [0.1, 0.15) is 93.4 Å². The van der Waals surface area contributed by atoms with Gasteiger partial charge in [0.1, 0.15) is 11.6 Å². The SMILES string of the molecule is CC.CC.CCC(=O)C1(C)CCN(C)C(=O)C1.CCC(=O)C1(CCOC)CCN(C)CC1. The predicted molar refractivity (Wildman–Crippen MR) is 134 cm³/mol. The van der Waals surface area contributed by atoms with Gasteiger partial charge in [-0.3, -0.25) is 14.4 Å². The van der Waals surface area contributed by atoms with Crippen LogP contribution in [0, 0.1) is 10.8 Å². The first-order chi connectivity index (χ1) is 15.1. The summed E-state index contributed by atoms with van der Waals surface area (Å²) in [4.78, 5) is 39.0. The maximum Gasteiger partial charge on any atom is 0.223 e. The number of carbonyl (C=O) groups is 3. The van der Waals surface area contributed by atoms with Crippen LogP contribution >= 0.6 is 0 Å². The molecule has 0 N–H and O–H groups in total. The van der Waals surface area contributed by atoms with Crippen LogP contribution in [-0.2, 0) is 19.1 Å². The minimum atomic E-state index is -0.391. The van der Waals surface area contributed by atoms with Crippen molar-refractivity contribution >= 4 is 17.5 Å². The van der Waals surface area contributed by atoms with Crippen molar-refractivity contribution < 1.29 is 19.1 Å². The van der Waals surface area contributed by atoms with E-state index in [0.717, 1.165) is 38.8 Å². The van der Waals surface area contributed by atoms with Crippen LogP contribution in [0.15, 0.2) is 0 Å². The Labute approximate surface area is 198 Å². The van der Waals surface area contributed by atoms with Gasteiger partial charge >= 0.3 is 0 Å². The molecular weight excluding hydrogens is 404 g/mol. The van der Waals surface area contributed by atoms with Gasteiger partial charge < -0.3 is 14.5 Å². The first-order valence-electron chi connectivity index (χ1n) is 12.6. The van der Waals surface area contributed by atoms with Crippen molar-refractivity contribution in [1.82, 2.24) is 9.80 Å². The zero-order chi connectivity index (χ0) is 25.4. The van der Waals surface area contributed by atoms with Gasteiger partial charge in [-0.15, -0.1) is 0 Å². The van der Waals surface area contributed by atoms with E-state index in [-0.39, 0.29) is 17.1 Å². The minimum absolute atomic E-state index is 0.0860. The van der Waals surface area contributed by atoms with E-state index in [2.05, 4.69) is 11.9 Å². The molecule has 2 heterocycles. The number of nitrogens with zero attached hydrogens (tertiary/aromatic N) is 2. The Morgan fingerprint density at radius 1 is 0.906 bits per heavy atom. The summed E-state index contributed by atoms with van der Waals surface area (Å²) < 4.78 is 5.13. The average molecular weight is 457 g/mol. The van der Waals surface area contributed by atoms with Gasteiger partial charge in [-0.25, -0.2) is 0 Å². The van der Waals surface area contributed by atoms with Crippen molar-refractivity contribution in [3.05, 3.63) is 0 Å². The molecule has 0 aromatic heterocycles. The van der Waals surface area contributed by atoms with E-state index in [9.17, 15) is 14.4 Å². The normalized spacial score (nSPS) is 22.3. The third-order valence-corrected chi connectivity index (χ3v) is 6.60. The number of hydrogen-bond donors (Lipinski definition) is 0. The average Bonchev–Trinajstić information content (AvgIpc) is 2.83. The number of Topliss-reactive ketones (excluding diaryl/α,β-unsaturated/α-hetero) is 2. The van der Waals surface area contributed by atoms with E-state index < -0.39 is 5.41 Å². The van der Waals surface area contributed by atoms with Crippen molar-refractivity contribution in [2.75, 3.05) is 47.4 Å². The number of hydrogen-bond acceptors (Lipinski definition) is 5. The molecule has 6 nitrogen and oxygen atoms in total. The molecule has 6 heteroatoms. The smallest absolute Gasteiger partial charge is 0.223 e. The Morgan fingerprint density at radius 2 is 1.41 bits per heavy atom. The summed E-state index contributed by atoms with van der Waals surface area (Å²) in [6, 6.07) is 0. The molecule has 0 saturated carbocycles. The summed E-state index contributed by atoms with van der Waals surface area (Å²) in [5.41, 5.74) is -0.477. The topological polar surface area (TPSA) is 66.9 Å². The number of methoxy groups -OCH3 is 1. The second kappa shape index (κ2) is 17.2. The van der Waals surface area contributed by atoms with Crippen LogP contribution in [0.2, 0.25) is 0 Å². The predicted octanol–water partition coefficient (Wildman–Crippen LogP) is 4.99. The summed E-state index contributed by atoms with van der Waals surface area (Å²) in [6.45, 7) is 17.2. The molecule has 2 fully saturated rings. The second-order valence-corrected chi connectivity index (χ2v) is 8.68. The number of ketones is 2.